The predicted octanol–water partition coefficient (Wildman–Crippen LogP) is 5.91. The summed E-state index contributed by atoms with van der Waals surface area (Å²) in [7, 11) is 0. The first-order valence-corrected chi connectivity index (χ1v) is 7.66. The van der Waals surface area contributed by atoms with Gasteiger partial charge in [0.05, 0.1) is 11.7 Å². The lowest BCUT2D eigenvalue weighted by Gasteiger charge is -2.20. The SMILES string of the molecule is CCC(Nc1cc(F)ccc1Br)c1cccc(Br)c1. The Bertz CT molecular complexity index is 572. The van der Waals surface area contributed by atoms with Crippen LogP contribution in [0.5, 0.6) is 0 Å². The van der Waals surface area contributed by atoms with Crippen molar-refractivity contribution in [3.8, 4) is 0 Å². The van der Waals surface area contributed by atoms with E-state index < -0.39 is 0 Å². The number of benzene rings is 2. The summed E-state index contributed by atoms with van der Waals surface area (Å²) < 4.78 is 15.2. The van der Waals surface area contributed by atoms with Crippen molar-refractivity contribution in [3.05, 3.63) is 62.8 Å². The molecule has 0 amide bonds. The molecule has 0 saturated heterocycles. The van der Waals surface area contributed by atoms with Gasteiger partial charge in [0.15, 0.2) is 0 Å². The van der Waals surface area contributed by atoms with E-state index in [4.69, 9.17) is 0 Å². The first-order valence-electron chi connectivity index (χ1n) is 6.07. The van der Waals surface area contributed by atoms with Gasteiger partial charge in [-0.25, -0.2) is 4.39 Å². The van der Waals surface area contributed by atoms with Gasteiger partial charge in [-0.2, -0.15) is 0 Å². The topological polar surface area (TPSA) is 12.0 Å². The average molecular weight is 387 g/mol. The smallest absolute Gasteiger partial charge is 0.125 e. The zero-order valence-corrected chi connectivity index (χ0v) is 13.6. The fraction of sp³-hybridized carbons (Fsp3) is 0.200. The Balaban J connectivity index is 2.26. The van der Waals surface area contributed by atoms with Crippen LogP contribution in [-0.2, 0) is 0 Å². The molecule has 2 rings (SSSR count). The second kappa shape index (κ2) is 6.53. The van der Waals surface area contributed by atoms with Gasteiger partial charge in [-0.3, -0.25) is 0 Å². The van der Waals surface area contributed by atoms with Crippen LogP contribution in [0.15, 0.2) is 51.4 Å². The molecule has 0 heterocycles. The third-order valence-corrected chi connectivity index (χ3v) is 4.10. The molecule has 1 atom stereocenters. The van der Waals surface area contributed by atoms with Crippen molar-refractivity contribution in [1.29, 1.82) is 0 Å². The normalized spacial score (nSPS) is 12.2. The molecule has 1 nitrogen and oxygen atoms in total. The predicted molar refractivity (Wildman–Crippen MR) is 84.9 cm³/mol. The highest BCUT2D eigenvalue weighted by molar-refractivity contribution is 9.10. The van der Waals surface area contributed by atoms with E-state index in [0.717, 1.165) is 21.1 Å². The van der Waals surface area contributed by atoms with E-state index >= 15 is 0 Å². The first-order chi connectivity index (χ1) is 9.10. The van der Waals surface area contributed by atoms with E-state index in [1.807, 2.05) is 12.1 Å². The minimum Gasteiger partial charge on any atom is -0.377 e. The molecule has 0 aliphatic carbocycles. The first kappa shape index (κ1) is 14.5. The van der Waals surface area contributed by atoms with Crippen molar-refractivity contribution in [2.75, 3.05) is 5.32 Å². The maximum absolute atomic E-state index is 13.3. The molecule has 4 heteroatoms. The molecule has 2 aromatic carbocycles. The van der Waals surface area contributed by atoms with Crippen molar-refractivity contribution < 1.29 is 4.39 Å². The molecule has 0 radical (unpaired) electrons. The summed E-state index contributed by atoms with van der Waals surface area (Å²) >= 11 is 6.91. The van der Waals surface area contributed by atoms with Crippen LogP contribution in [0.4, 0.5) is 10.1 Å². The van der Waals surface area contributed by atoms with E-state index in [-0.39, 0.29) is 11.9 Å². The average Bonchev–Trinajstić information content (AvgIpc) is 2.39. The largest absolute Gasteiger partial charge is 0.377 e. The van der Waals surface area contributed by atoms with Gasteiger partial charge in [0.2, 0.25) is 0 Å². The summed E-state index contributed by atoms with van der Waals surface area (Å²) in [4.78, 5) is 0. The van der Waals surface area contributed by atoms with Crippen LogP contribution in [0.25, 0.3) is 0 Å². The summed E-state index contributed by atoms with van der Waals surface area (Å²) in [6.07, 6.45) is 0.916. The second-order valence-electron chi connectivity index (χ2n) is 4.28. The maximum atomic E-state index is 13.3. The molecule has 100 valence electrons. The zero-order valence-electron chi connectivity index (χ0n) is 10.5. The Morgan fingerprint density at radius 2 is 1.95 bits per heavy atom. The molecule has 1 N–H and O–H groups in total. The number of hydrogen-bond acceptors (Lipinski definition) is 1. The van der Waals surface area contributed by atoms with Gasteiger partial charge in [0.25, 0.3) is 0 Å². The van der Waals surface area contributed by atoms with E-state index in [1.54, 1.807) is 6.07 Å². The Kier molecular flexibility index (Phi) is 4.99. The van der Waals surface area contributed by atoms with Gasteiger partial charge in [0.1, 0.15) is 5.82 Å². The number of anilines is 1. The van der Waals surface area contributed by atoms with Crippen LogP contribution < -0.4 is 5.32 Å². The van der Waals surface area contributed by atoms with Gasteiger partial charge in [-0.15, -0.1) is 0 Å². The van der Waals surface area contributed by atoms with E-state index in [2.05, 4.69) is 56.2 Å². The molecule has 0 spiro atoms. The van der Waals surface area contributed by atoms with Crippen LogP contribution in [-0.4, -0.2) is 0 Å². The lowest BCUT2D eigenvalue weighted by Crippen LogP contribution is -2.10. The Morgan fingerprint density at radius 1 is 1.16 bits per heavy atom. The maximum Gasteiger partial charge on any atom is 0.125 e. The molecule has 19 heavy (non-hydrogen) atoms. The summed E-state index contributed by atoms with van der Waals surface area (Å²) in [5.41, 5.74) is 1.94. The van der Waals surface area contributed by atoms with Gasteiger partial charge >= 0.3 is 0 Å². The number of halogens is 3. The van der Waals surface area contributed by atoms with Crippen molar-refractivity contribution in [2.45, 2.75) is 19.4 Å². The molecular weight excluding hydrogens is 373 g/mol. The number of rotatable bonds is 4. The molecule has 0 fully saturated rings. The van der Waals surface area contributed by atoms with Crippen LogP contribution in [0.3, 0.4) is 0 Å². The Labute approximate surface area is 129 Å². The van der Waals surface area contributed by atoms with E-state index in [0.29, 0.717) is 0 Å². The number of hydrogen-bond donors (Lipinski definition) is 1. The van der Waals surface area contributed by atoms with E-state index in [9.17, 15) is 4.39 Å². The molecule has 0 bridgehead atoms. The molecule has 0 saturated carbocycles. The van der Waals surface area contributed by atoms with Crippen molar-refractivity contribution in [1.82, 2.24) is 0 Å². The van der Waals surface area contributed by atoms with E-state index in [1.165, 1.54) is 17.7 Å². The van der Waals surface area contributed by atoms with Gasteiger partial charge < -0.3 is 5.32 Å². The third-order valence-electron chi connectivity index (χ3n) is 2.92. The molecule has 1 unspecified atom stereocenters. The molecule has 0 aliphatic heterocycles. The molecule has 0 aromatic heterocycles. The second-order valence-corrected chi connectivity index (χ2v) is 6.05. The van der Waals surface area contributed by atoms with Crippen LogP contribution >= 0.6 is 31.9 Å². The quantitative estimate of drug-likeness (QED) is 0.688. The molecule has 2 aromatic rings. The number of nitrogens with one attached hydrogen (secondary N) is 1. The summed E-state index contributed by atoms with van der Waals surface area (Å²) in [6, 6.07) is 13.0. The van der Waals surface area contributed by atoms with Crippen molar-refractivity contribution >= 4 is 37.5 Å². The highest BCUT2D eigenvalue weighted by atomic mass is 79.9. The Hall–Kier alpha value is -0.870. The van der Waals surface area contributed by atoms with Gasteiger partial charge in [0, 0.05) is 8.95 Å². The minimum atomic E-state index is -0.241. The summed E-state index contributed by atoms with van der Waals surface area (Å²) in [5.74, 6) is -0.241. The highest BCUT2D eigenvalue weighted by Gasteiger charge is 2.11. The zero-order chi connectivity index (χ0) is 13.8. The van der Waals surface area contributed by atoms with Gasteiger partial charge in [-0.05, 0) is 58.2 Å². The summed E-state index contributed by atoms with van der Waals surface area (Å²) in [5, 5.41) is 3.37. The summed E-state index contributed by atoms with van der Waals surface area (Å²) in [6.45, 7) is 2.10. The van der Waals surface area contributed by atoms with Crippen LogP contribution in [0.2, 0.25) is 0 Å². The third kappa shape index (κ3) is 3.80. The fourth-order valence-electron chi connectivity index (χ4n) is 1.94. The van der Waals surface area contributed by atoms with Gasteiger partial charge in [-0.1, -0.05) is 35.0 Å². The lowest BCUT2D eigenvalue weighted by molar-refractivity contribution is 0.627. The molecule has 0 aliphatic rings. The monoisotopic (exact) mass is 385 g/mol. The Morgan fingerprint density at radius 3 is 2.63 bits per heavy atom. The van der Waals surface area contributed by atoms with Crippen LogP contribution in [0.1, 0.15) is 24.9 Å². The highest BCUT2D eigenvalue weighted by Crippen LogP contribution is 2.29. The van der Waals surface area contributed by atoms with Crippen molar-refractivity contribution in [2.24, 2.45) is 0 Å². The standard InChI is InChI=1S/C15H14Br2FN/c1-2-14(10-4-3-5-11(16)8-10)19-15-9-12(18)6-7-13(15)17/h3-9,14,19H,2H2,1H3. The van der Waals surface area contributed by atoms with Crippen LogP contribution in [0, 0.1) is 5.82 Å². The fourth-order valence-corrected chi connectivity index (χ4v) is 2.72. The van der Waals surface area contributed by atoms with Crippen molar-refractivity contribution in [3.63, 3.8) is 0 Å². The molecular formula is C15H14Br2FN. The lowest BCUT2D eigenvalue weighted by atomic mass is 10.0. The minimum absolute atomic E-state index is 0.149.